The minimum atomic E-state index is -0.530. The van der Waals surface area contributed by atoms with Gasteiger partial charge >= 0.3 is 0 Å². The molecule has 35 heavy (non-hydrogen) atoms. The van der Waals surface area contributed by atoms with Crippen molar-refractivity contribution in [1.82, 2.24) is 25.9 Å². The fourth-order valence-corrected chi connectivity index (χ4v) is 4.77. The summed E-state index contributed by atoms with van der Waals surface area (Å²) in [6.07, 6.45) is 10.2. The number of nitrogens with one attached hydrogen (secondary N) is 4. The molecule has 0 aromatic carbocycles. The zero-order valence-electron chi connectivity index (χ0n) is 19.9. The molecule has 5 rings (SSSR count). The number of rotatable bonds is 7. The number of aromatic nitrogens is 1. The minimum Gasteiger partial charge on any atom is -0.379 e. The van der Waals surface area contributed by atoms with Crippen LogP contribution in [0.4, 0.5) is 5.69 Å². The van der Waals surface area contributed by atoms with Crippen LogP contribution < -0.4 is 21.3 Å². The Hall–Kier alpha value is -3.09. The average Bonchev–Trinajstić information content (AvgIpc) is 3.55. The third kappa shape index (κ3) is 5.95. The van der Waals surface area contributed by atoms with Crippen LogP contribution >= 0.6 is 11.6 Å². The number of hydrogen-bond donors (Lipinski definition) is 4. The number of amides is 1. The van der Waals surface area contributed by atoms with Crippen LogP contribution in [-0.4, -0.2) is 64.8 Å². The quantitative estimate of drug-likeness (QED) is 0.342. The van der Waals surface area contributed by atoms with E-state index in [0.717, 1.165) is 62.4 Å². The summed E-state index contributed by atoms with van der Waals surface area (Å²) in [5.74, 6) is 7.33. The fraction of sp³-hybridized carbons (Fsp3) is 0.520. The van der Waals surface area contributed by atoms with E-state index in [-0.39, 0.29) is 5.91 Å². The van der Waals surface area contributed by atoms with Crippen molar-refractivity contribution < 1.29 is 4.79 Å². The molecule has 2 saturated carbocycles. The maximum atomic E-state index is 13.1. The molecule has 1 amide bonds. The maximum absolute atomic E-state index is 13.1. The number of aliphatic imine (C=N–C) groups is 1. The first-order chi connectivity index (χ1) is 17.1. The molecular formula is C25H31ClN8O. The van der Waals surface area contributed by atoms with Gasteiger partial charge in [0.25, 0.3) is 5.91 Å². The van der Waals surface area contributed by atoms with Gasteiger partial charge in [0, 0.05) is 36.1 Å². The van der Waals surface area contributed by atoms with Gasteiger partial charge in [-0.1, -0.05) is 17.5 Å². The van der Waals surface area contributed by atoms with Gasteiger partial charge in [-0.3, -0.25) is 9.79 Å². The van der Waals surface area contributed by atoms with Crippen molar-refractivity contribution >= 4 is 34.9 Å². The van der Waals surface area contributed by atoms with Gasteiger partial charge in [0.15, 0.2) is 11.9 Å². The number of carbonyl (C=O) groups excluding carboxylic acids is 1. The van der Waals surface area contributed by atoms with E-state index >= 15 is 0 Å². The Morgan fingerprint density at radius 1 is 1.14 bits per heavy atom. The lowest BCUT2D eigenvalue weighted by Gasteiger charge is -2.32. The normalized spacial score (nSPS) is 25.4. The standard InChI is InChI=1S/C25H31ClN8O/c1-2-3-11-27-16-4-6-18(7-5-16)31-23-14-20(30-17-8-9-17)24-29-15-21(34(24)33-23)25(35)32-19-10-12-28-22(26)13-19/h10,12-14,16-18,21,27,30H,4-9,11,15H2,1H3,(H,31,33)(H,28,32,35)/t16-,18-,21?. The minimum absolute atomic E-state index is 0.177. The smallest absolute Gasteiger partial charge is 0.251 e. The zero-order chi connectivity index (χ0) is 24.2. The van der Waals surface area contributed by atoms with Crippen LogP contribution in [-0.2, 0) is 4.79 Å². The number of fused-ring (bicyclic) bond motifs is 1. The first-order valence-electron chi connectivity index (χ1n) is 12.3. The highest BCUT2D eigenvalue weighted by Gasteiger charge is 2.39. The lowest BCUT2D eigenvalue weighted by Crippen LogP contribution is -2.49. The van der Waals surface area contributed by atoms with Crippen molar-refractivity contribution in [1.29, 1.82) is 0 Å². The molecule has 10 heteroatoms. The van der Waals surface area contributed by atoms with Crippen molar-refractivity contribution in [3.8, 4) is 11.8 Å². The van der Waals surface area contributed by atoms with Gasteiger partial charge in [-0.05, 0) is 57.6 Å². The third-order valence-corrected chi connectivity index (χ3v) is 6.84. The number of amidine groups is 2. The van der Waals surface area contributed by atoms with Crippen molar-refractivity contribution in [2.75, 3.05) is 18.4 Å². The van der Waals surface area contributed by atoms with Crippen molar-refractivity contribution in [2.45, 2.75) is 69.6 Å². The van der Waals surface area contributed by atoms with E-state index < -0.39 is 6.04 Å². The van der Waals surface area contributed by atoms with Gasteiger partial charge in [-0.2, -0.15) is 5.10 Å². The molecule has 0 saturated heterocycles. The first kappa shape index (κ1) is 23.6. The van der Waals surface area contributed by atoms with Gasteiger partial charge in [-0.25, -0.2) is 9.99 Å². The summed E-state index contributed by atoms with van der Waals surface area (Å²) in [5.41, 5.74) is 1.53. The molecular weight excluding hydrogens is 464 g/mol. The van der Waals surface area contributed by atoms with Crippen LogP contribution in [0.15, 0.2) is 40.2 Å². The van der Waals surface area contributed by atoms with E-state index in [1.807, 2.05) is 13.0 Å². The highest BCUT2D eigenvalue weighted by atomic mass is 35.5. The van der Waals surface area contributed by atoms with Crippen LogP contribution in [0.1, 0.15) is 45.4 Å². The number of nitrogens with zero attached hydrogens (tertiary/aromatic N) is 4. The number of pyridine rings is 1. The SMILES string of the molecule is CC#CCN[C@H]1CC[C@H](NC2=NN3C(=NCC3C(=O)Nc3ccnc(Cl)c3)C(NC3CC3)=C2)CC1. The Bertz CT molecular complexity index is 1110. The molecule has 4 N–H and O–H groups in total. The zero-order valence-corrected chi connectivity index (χ0v) is 20.6. The molecule has 0 bridgehead atoms. The van der Waals surface area contributed by atoms with Gasteiger partial charge in [0.05, 0.1) is 18.8 Å². The van der Waals surface area contributed by atoms with E-state index in [2.05, 4.69) is 43.1 Å². The second-order valence-electron chi connectivity index (χ2n) is 9.34. The highest BCUT2D eigenvalue weighted by molar-refractivity contribution is 6.29. The molecule has 3 heterocycles. The number of carbonyl (C=O) groups is 1. The summed E-state index contributed by atoms with van der Waals surface area (Å²) in [6, 6.07) is 4.13. The Balaban J connectivity index is 1.26. The van der Waals surface area contributed by atoms with Gasteiger partial charge in [-0.15, -0.1) is 5.92 Å². The molecule has 1 aromatic heterocycles. The van der Waals surface area contributed by atoms with E-state index in [1.165, 1.54) is 0 Å². The van der Waals surface area contributed by atoms with E-state index in [4.69, 9.17) is 16.7 Å². The van der Waals surface area contributed by atoms with Crippen LogP contribution in [0.2, 0.25) is 5.15 Å². The van der Waals surface area contributed by atoms with Gasteiger partial charge in [0.2, 0.25) is 0 Å². The molecule has 0 spiro atoms. The lowest BCUT2D eigenvalue weighted by molar-refractivity contribution is -0.119. The second kappa shape index (κ2) is 10.7. The molecule has 1 unspecified atom stereocenters. The van der Waals surface area contributed by atoms with E-state index in [0.29, 0.717) is 35.5 Å². The number of hydrogen-bond acceptors (Lipinski definition) is 8. The fourth-order valence-electron chi connectivity index (χ4n) is 4.60. The monoisotopic (exact) mass is 494 g/mol. The number of halogens is 1. The highest BCUT2D eigenvalue weighted by Crippen LogP contribution is 2.26. The third-order valence-electron chi connectivity index (χ3n) is 6.63. The number of anilines is 1. The van der Waals surface area contributed by atoms with Crippen LogP contribution in [0.25, 0.3) is 0 Å². The average molecular weight is 495 g/mol. The summed E-state index contributed by atoms with van der Waals surface area (Å²) in [5, 5.41) is 20.5. The summed E-state index contributed by atoms with van der Waals surface area (Å²) in [4.78, 5) is 21.8. The predicted octanol–water partition coefficient (Wildman–Crippen LogP) is 2.23. The van der Waals surface area contributed by atoms with Crippen molar-refractivity contribution in [3.63, 3.8) is 0 Å². The molecule has 9 nitrogen and oxygen atoms in total. The molecule has 2 aliphatic carbocycles. The molecule has 0 radical (unpaired) electrons. The van der Waals surface area contributed by atoms with Gasteiger partial charge < -0.3 is 21.3 Å². The maximum Gasteiger partial charge on any atom is 0.251 e. The Morgan fingerprint density at radius 3 is 2.63 bits per heavy atom. The lowest BCUT2D eigenvalue weighted by atomic mass is 9.91. The summed E-state index contributed by atoms with van der Waals surface area (Å²) in [7, 11) is 0. The van der Waals surface area contributed by atoms with Gasteiger partial charge in [0.1, 0.15) is 11.0 Å². The summed E-state index contributed by atoms with van der Waals surface area (Å²) in [6.45, 7) is 2.96. The number of hydrazone groups is 1. The molecule has 1 atom stereocenters. The molecule has 4 aliphatic rings. The Labute approximate surface area is 210 Å². The van der Waals surface area contributed by atoms with E-state index in [1.54, 1.807) is 23.3 Å². The van der Waals surface area contributed by atoms with Crippen molar-refractivity contribution in [2.24, 2.45) is 10.1 Å². The molecule has 2 aliphatic heterocycles. The van der Waals surface area contributed by atoms with Crippen LogP contribution in [0.3, 0.4) is 0 Å². The van der Waals surface area contributed by atoms with Crippen molar-refractivity contribution in [3.05, 3.63) is 35.3 Å². The Kier molecular flexibility index (Phi) is 7.21. The predicted molar refractivity (Wildman–Crippen MR) is 138 cm³/mol. The Morgan fingerprint density at radius 2 is 1.89 bits per heavy atom. The molecule has 1 aromatic rings. The first-order valence-corrected chi connectivity index (χ1v) is 12.7. The van der Waals surface area contributed by atoms with E-state index in [9.17, 15) is 4.79 Å². The summed E-state index contributed by atoms with van der Waals surface area (Å²) >= 11 is 5.97. The molecule has 184 valence electrons. The van der Waals surface area contributed by atoms with Crippen LogP contribution in [0.5, 0.6) is 0 Å². The topological polar surface area (TPSA) is 106 Å². The second-order valence-corrected chi connectivity index (χ2v) is 9.73. The summed E-state index contributed by atoms with van der Waals surface area (Å²) < 4.78 is 0. The van der Waals surface area contributed by atoms with Crippen LogP contribution in [0, 0.1) is 11.8 Å². The molecule has 2 fully saturated rings. The largest absolute Gasteiger partial charge is 0.379 e.